The fourth-order valence-electron chi connectivity index (χ4n) is 2.10. The first-order valence-corrected chi connectivity index (χ1v) is 6.26. The van der Waals surface area contributed by atoms with Gasteiger partial charge >= 0.3 is 0 Å². The third-order valence-electron chi connectivity index (χ3n) is 3.25. The van der Waals surface area contributed by atoms with Gasteiger partial charge in [-0.25, -0.2) is 0 Å². The van der Waals surface area contributed by atoms with Crippen LogP contribution in [0.5, 0.6) is 0 Å². The van der Waals surface area contributed by atoms with Gasteiger partial charge in [-0.05, 0) is 17.9 Å². The van der Waals surface area contributed by atoms with Crippen LogP contribution in [-0.2, 0) is 15.3 Å². The predicted octanol–water partition coefficient (Wildman–Crippen LogP) is 2.36. The molecule has 17 heavy (non-hydrogen) atoms. The molecule has 0 amide bonds. The average molecular weight is 235 g/mol. The zero-order valence-electron chi connectivity index (χ0n) is 10.6. The van der Waals surface area contributed by atoms with E-state index in [1.54, 1.807) is 0 Å². The Balaban J connectivity index is 2.24. The molecule has 1 heterocycles. The van der Waals surface area contributed by atoms with E-state index in [1.807, 2.05) is 0 Å². The van der Waals surface area contributed by atoms with Crippen molar-refractivity contribution in [2.24, 2.45) is 5.73 Å². The van der Waals surface area contributed by atoms with Crippen LogP contribution >= 0.6 is 0 Å². The third-order valence-corrected chi connectivity index (χ3v) is 3.25. The van der Waals surface area contributed by atoms with E-state index in [-0.39, 0.29) is 0 Å². The van der Waals surface area contributed by atoms with Crippen molar-refractivity contribution in [2.75, 3.05) is 19.8 Å². The highest BCUT2D eigenvalue weighted by Crippen LogP contribution is 2.30. The van der Waals surface area contributed by atoms with E-state index < -0.39 is 5.79 Å². The van der Waals surface area contributed by atoms with Crippen LogP contribution in [0, 0.1) is 0 Å². The smallest absolute Gasteiger partial charge is 0.207 e. The van der Waals surface area contributed by atoms with E-state index in [0.29, 0.717) is 25.7 Å². The van der Waals surface area contributed by atoms with Gasteiger partial charge in [-0.2, -0.15) is 0 Å². The molecule has 1 aliphatic heterocycles. The van der Waals surface area contributed by atoms with Crippen LogP contribution < -0.4 is 5.73 Å². The molecule has 1 aromatic rings. The average Bonchev–Trinajstić information content (AvgIpc) is 2.39. The lowest BCUT2D eigenvalue weighted by Gasteiger charge is -2.36. The summed E-state index contributed by atoms with van der Waals surface area (Å²) in [6.07, 6.45) is 0.936. The van der Waals surface area contributed by atoms with Crippen molar-refractivity contribution in [2.45, 2.75) is 32.0 Å². The van der Waals surface area contributed by atoms with Gasteiger partial charge in [0.25, 0.3) is 0 Å². The van der Waals surface area contributed by atoms with E-state index in [9.17, 15) is 0 Å². The van der Waals surface area contributed by atoms with Crippen LogP contribution in [0.3, 0.4) is 0 Å². The summed E-state index contributed by atoms with van der Waals surface area (Å²) in [5.74, 6) is -0.195. The summed E-state index contributed by atoms with van der Waals surface area (Å²) in [7, 11) is 0. The number of nitrogens with two attached hydrogens (primary N) is 1. The Morgan fingerprint density at radius 1 is 1.18 bits per heavy atom. The second-order valence-corrected chi connectivity index (χ2v) is 4.78. The highest BCUT2D eigenvalue weighted by Gasteiger charge is 2.35. The third kappa shape index (κ3) is 2.51. The first kappa shape index (κ1) is 12.6. The second kappa shape index (κ2) is 5.17. The van der Waals surface area contributed by atoms with Crippen molar-refractivity contribution in [3.05, 3.63) is 35.4 Å². The Morgan fingerprint density at radius 3 is 2.24 bits per heavy atom. The van der Waals surface area contributed by atoms with Gasteiger partial charge in [-0.3, -0.25) is 0 Å². The van der Waals surface area contributed by atoms with Crippen molar-refractivity contribution in [1.29, 1.82) is 0 Å². The minimum Gasteiger partial charge on any atom is -0.345 e. The van der Waals surface area contributed by atoms with E-state index in [0.717, 1.165) is 12.0 Å². The van der Waals surface area contributed by atoms with Crippen LogP contribution in [0.25, 0.3) is 0 Å². The van der Waals surface area contributed by atoms with E-state index in [1.165, 1.54) is 5.56 Å². The minimum atomic E-state index is -0.728. The molecule has 0 aliphatic carbocycles. The highest BCUT2D eigenvalue weighted by atomic mass is 16.7. The molecular weight excluding hydrogens is 214 g/mol. The van der Waals surface area contributed by atoms with Crippen LogP contribution in [0.2, 0.25) is 0 Å². The number of rotatable bonds is 3. The maximum absolute atomic E-state index is 5.82. The van der Waals surface area contributed by atoms with Gasteiger partial charge in [0.1, 0.15) is 0 Å². The largest absolute Gasteiger partial charge is 0.345 e. The number of benzene rings is 1. The molecule has 2 rings (SSSR count). The number of ether oxygens (including phenoxy) is 2. The maximum Gasteiger partial charge on any atom is 0.207 e. The van der Waals surface area contributed by atoms with Gasteiger partial charge in [0.05, 0.1) is 19.8 Å². The second-order valence-electron chi connectivity index (χ2n) is 4.78. The maximum atomic E-state index is 5.82. The molecule has 1 aliphatic rings. The van der Waals surface area contributed by atoms with E-state index in [4.69, 9.17) is 15.2 Å². The lowest BCUT2D eigenvalue weighted by atomic mass is 9.98. The Labute approximate surface area is 103 Å². The van der Waals surface area contributed by atoms with Crippen molar-refractivity contribution in [1.82, 2.24) is 0 Å². The minimum absolute atomic E-state index is 0.355. The fraction of sp³-hybridized carbons (Fsp3) is 0.571. The Hall–Kier alpha value is -0.900. The molecule has 0 radical (unpaired) electrons. The Bertz CT molecular complexity index is 353. The molecule has 1 aromatic carbocycles. The molecule has 0 spiro atoms. The van der Waals surface area contributed by atoms with E-state index >= 15 is 0 Å². The van der Waals surface area contributed by atoms with Crippen LogP contribution in [0.4, 0.5) is 0 Å². The summed E-state index contributed by atoms with van der Waals surface area (Å²) in [6.45, 7) is 6.14. The van der Waals surface area contributed by atoms with Gasteiger partial charge in [-0.15, -0.1) is 0 Å². The van der Waals surface area contributed by atoms with Crippen LogP contribution in [0.1, 0.15) is 37.3 Å². The van der Waals surface area contributed by atoms with Crippen LogP contribution in [-0.4, -0.2) is 19.8 Å². The zero-order valence-corrected chi connectivity index (χ0v) is 10.6. The molecule has 0 bridgehead atoms. The highest BCUT2D eigenvalue weighted by molar-refractivity contribution is 5.28. The SMILES string of the molecule is CC(C)c1ccc(C2(CN)OCCCO2)cc1. The zero-order chi connectivity index (χ0) is 12.3. The molecule has 1 fully saturated rings. The lowest BCUT2D eigenvalue weighted by Crippen LogP contribution is -2.44. The molecule has 3 nitrogen and oxygen atoms in total. The van der Waals surface area contributed by atoms with Gasteiger partial charge in [-0.1, -0.05) is 38.1 Å². The molecule has 3 heteroatoms. The van der Waals surface area contributed by atoms with Crippen LogP contribution in [0.15, 0.2) is 24.3 Å². The van der Waals surface area contributed by atoms with Crippen molar-refractivity contribution < 1.29 is 9.47 Å². The molecule has 94 valence electrons. The summed E-state index contributed by atoms with van der Waals surface area (Å²) >= 11 is 0. The lowest BCUT2D eigenvalue weighted by molar-refractivity contribution is -0.269. The summed E-state index contributed by atoms with van der Waals surface area (Å²) in [4.78, 5) is 0. The summed E-state index contributed by atoms with van der Waals surface area (Å²) in [6, 6.07) is 8.37. The van der Waals surface area contributed by atoms with Gasteiger partial charge in [0.15, 0.2) is 0 Å². The first-order valence-electron chi connectivity index (χ1n) is 6.26. The molecular formula is C14H21NO2. The van der Waals surface area contributed by atoms with Gasteiger partial charge in [0.2, 0.25) is 5.79 Å². The van der Waals surface area contributed by atoms with Gasteiger partial charge < -0.3 is 15.2 Å². The summed E-state index contributed by atoms with van der Waals surface area (Å²) in [5.41, 5.74) is 8.15. The number of hydrogen-bond donors (Lipinski definition) is 1. The number of hydrogen-bond acceptors (Lipinski definition) is 3. The first-order chi connectivity index (χ1) is 8.18. The van der Waals surface area contributed by atoms with Crippen molar-refractivity contribution in [3.8, 4) is 0 Å². The van der Waals surface area contributed by atoms with Crippen molar-refractivity contribution in [3.63, 3.8) is 0 Å². The van der Waals surface area contributed by atoms with E-state index in [2.05, 4.69) is 38.1 Å². The Kier molecular flexibility index (Phi) is 3.82. The molecule has 0 saturated carbocycles. The fourth-order valence-corrected chi connectivity index (χ4v) is 2.10. The molecule has 0 atom stereocenters. The normalized spacial score (nSPS) is 19.5. The summed E-state index contributed by atoms with van der Waals surface area (Å²) in [5, 5.41) is 0. The topological polar surface area (TPSA) is 44.5 Å². The predicted molar refractivity (Wildman–Crippen MR) is 67.8 cm³/mol. The Morgan fingerprint density at radius 2 is 1.76 bits per heavy atom. The molecule has 2 N–H and O–H groups in total. The quantitative estimate of drug-likeness (QED) is 0.874. The summed E-state index contributed by atoms with van der Waals surface area (Å²) < 4.78 is 11.5. The van der Waals surface area contributed by atoms with Crippen molar-refractivity contribution >= 4 is 0 Å². The molecule has 1 saturated heterocycles. The molecule has 0 unspecified atom stereocenters. The monoisotopic (exact) mass is 235 g/mol. The standard InChI is InChI=1S/C14H21NO2/c1-11(2)12-4-6-13(7-5-12)14(10-15)16-8-3-9-17-14/h4-7,11H,3,8-10,15H2,1-2H3. The molecule has 0 aromatic heterocycles. The van der Waals surface area contributed by atoms with Gasteiger partial charge in [0, 0.05) is 5.56 Å².